The van der Waals surface area contributed by atoms with Crippen LogP contribution in [-0.4, -0.2) is 20.0 Å². The molecule has 0 aliphatic rings. The van der Waals surface area contributed by atoms with Crippen molar-refractivity contribution in [3.63, 3.8) is 0 Å². The summed E-state index contributed by atoms with van der Waals surface area (Å²) in [6.07, 6.45) is 0.767. The SMILES string of the molecule is CCC(C)(Cl)c1ccc(C(=O)c2ccc(Oc3ccc(S(=O)(=O)c4ccc(Oc5ccc(C(=O)c6ccc(Cl)cc6)cc5)cc4)cc3)cc2)cc1. The second-order valence-corrected chi connectivity index (χ2v) is 15.2. The first-order chi connectivity index (χ1) is 24.4. The smallest absolute Gasteiger partial charge is 0.206 e. The van der Waals surface area contributed by atoms with E-state index < -0.39 is 14.7 Å². The van der Waals surface area contributed by atoms with E-state index in [1.165, 1.54) is 24.3 Å². The lowest BCUT2D eigenvalue weighted by Gasteiger charge is -2.20. The Kier molecular flexibility index (Phi) is 10.4. The van der Waals surface area contributed by atoms with E-state index in [4.69, 9.17) is 32.7 Å². The average molecular weight is 736 g/mol. The molecule has 0 aromatic heterocycles. The van der Waals surface area contributed by atoms with E-state index in [-0.39, 0.29) is 21.4 Å². The van der Waals surface area contributed by atoms with Crippen LogP contribution in [0.15, 0.2) is 155 Å². The predicted octanol–water partition coefficient (Wildman–Crippen LogP) is 11.1. The van der Waals surface area contributed by atoms with E-state index in [2.05, 4.69) is 0 Å². The van der Waals surface area contributed by atoms with Crippen LogP contribution in [0.2, 0.25) is 5.02 Å². The summed E-state index contributed by atoms with van der Waals surface area (Å²) in [6.45, 7) is 3.97. The molecular weight excluding hydrogens is 703 g/mol. The van der Waals surface area contributed by atoms with Crippen molar-refractivity contribution in [2.45, 2.75) is 34.9 Å². The summed E-state index contributed by atoms with van der Waals surface area (Å²) in [5.41, 5.74) is 3.05. The highest BCUT2D eigenvalue weighted by atomic mass is 35.5. The highest BCUT2D eigenvalue weighted by Crippen LogP contribution is 2.33. The van der Waals surface area contributed by atoms with Gasteiger partial charge in [0.15, 0.2) is 11.6 Å². The van der Waals surface area contributed by atoms with Gasteiger partial charge in [0.25, 0.3) is 0 Å². The van der Waals surface area contributed by atoms with Gasteiger partial charge in [-0.3, -0.25) is 9.59 Å². The Morgan fingerprint density at radius 2 is 0.824 bits per heavy atom. The zero-order valence-electron chi connectivity index (χ0n) is 27.7. The molecule has 0 saturated carbocycles. The molecule has 0 N–H and O–H groups in total. The molecule has 6 aromatic carbocycles. The molecule has 6 nitrogen and oxygen atoms in total. The molecule has 0 saturated heterocycles. The summed E-state index contributed by atoms with van der Waals surface area (Å²) in [4.78, 5) is 25.5. The maximum absolute atomic E-state index is 13.4. The van der Waals surface area contributed by atoms with Gasteiger partial charge in [-0.2, -0.15) is 0 Å². The van der Waals surface area contributed by atoms with Gasteiger partial charge in [0, 0.05) is 27.3 Å². The second kappa shape index (κ2) is 15.0. The predicted molar refractivity (Wildman–Crippen MR) is 200 cm³/mol. The largest absolute Gasteiger partial charge is 0.457 e. The van der Waals surface area contributed by atoms with Crippen LogP contribution in [0.25, 0.3) is 0 Å². The Morgan fingerprint density at radius 1 is 0.529 bits per heavy atom. The Hall–Kier alpha value is -5.21. The van der Waals surface area contributed by atoms with Gasteiger partial charge in [0.1, 0.15) is 23.0 Å². The number of alkyl halides is 1. The first kappa shape index (κ1) is 35.6. The van der Waals surface area contributed by atoms with Crippen LogP contribution in [0.4, 0.5) is 0 Å². The van der Waals surface area contributed by atoms with Crippen molar-refractivity contribution in [2.24, 2.45) is 0 Å². The van der Waals surface area contributed by atoms with Crippen LogP contribution in [0.1, 0.15) is 57.7 Å². The Bertz CT molecular complexity index is 2260. The van der Waals surface area contributed by atoms with Gasteiger partial charge in [-0.05, 0) is 140 Å². The standard InChI is InChI=1S/C42H32Cl2O6S/c1-3-42(2,44)32-12-4-28(5-13-32)40(45)30-8-16-34(17-9-30)49-36-20-24-38(25-21-36)51(47,48)39-26-22-37(23-27-39)50-35-18-10-31(11-19-35)41(46)29-6-14-33(43)15-7-29/h4-27H,3H2,1-2H3. The van der Waals surface area contributed by atoms with E-state index in [0.717, 1.165) is 12.0 Å². The van der Waals surface area contributed by atoms with Gasteiger partial charge >= 0.3 is 0 Å². The lowest BCUT2D eigenvalue weighted by Crippen LogP contribution is -2.12. The van der Waals surface area contributed by atoms with Crippen molar-refractivity contribution in [2.75, 3.05) is 0 Å². The number of benzene rings is 6. The molecule has 6 aromatic rings. The minimum Gasteiger partial charge on any atom is -0.457 e. The van der Waals surface area contributed by atoms with Gasteiger partial charge < -0.3 is 9.47 Å². The number of carbonyl (C=O) groups is 2. The van der Waals surface area contributed by atoms with Gasteiger partial charge in [0.2, 0.25) is 9.84 Å². The third-order valence-electron chi connectivity index (χ3n) is 8.49. The van der Waals surface area contributed by atoms with E-state index in [0.29, 0.717) is 50.3 Å². The number of sulfone groups is 1. The Morgan fingerprint density at radius 3 is 1.16 bits per heavy atom. The van der Waals surface area contributed by atoms with Crippen LogP contribution < -0.4 is 9.47 Å². The molecule has 51 heavy (non-hydrogen) atoms. The minimum absolute atomic E-state index is 0.101. The highest BCUT2D eigenvalue weighted by Gasteiger charge is 2.22. The molecule has 0 aliphatic heterocycles. The molecule has 0 bridgehead atoms. The van der Waals surface area contributed by atoms with Crippen LogP contribution in [0, 0.1) is 0 Å². The number of ether oxygens (including phenoxy) is 2. The first-order valence-corrected chi connectivity index (χ1v) is 18.3. The molecule has 0 amide bonds. The summed E-state index contributed by atoms with van der Waals surface area (Å²) in [5, 5.41) is 0.554. The zero-order chi connectivity index (χ0) is 36.2. The third kappa shape index (κ3) is 8.24. The van der Waals surface area contributed by atoms with Gasteiger partial charge in [-0.15, -0.1) is 11.6 Å². The maximum atomic E-state index is 13.4. The first-order valence-electron chi connectivity index (χ1n) is 16.1. The van der Waals surface area contributed by atoms with Crippen molar-refractivity contribution in [1.82, 2.24) is 0 Å². The van der Waals surface area contributed by atoms with Crippen molar-refractivity contribution in [3.05, 3.63) is 178 Å². The van der Waals surface area contributed by atoms with Crippen molar-refractivity contribution in [3.8, 4) is 23.0 Å². The highest BCUT2D eigenvalue weighted by molar-refractivity contribution is 7.91. The topological polar surface area (TPSA) is 86.7 Å². The maximum Gasteiger partial charge on any atom is 0.206 e. The summed E-state index contributed by atoms with van der Waals surface area (Å²) in [6, 6.07) is 39.7. The molecule has 0 radical (unpaired) electrons. The fourth-order valence-corrected chi connectivity index (χ4v) is 6.75. The molecule has 9 heteroatoms. The fraction of sp³-hybridized carbons (Fsp3) is 0.0952. The molecule has 6 rings (SSSR count). The van der Waals surface area contributed by atoms with Gasteiger partial charge in [0.05, 0.1) is 14.7 Å². The summed E-state index contributed by atoms with van der Waals surface area (Å²) in [7, 11) is -3.82. The lowest BCUT2D eigenvalue weighted by molar-refractivity contribution is 0.103. The summed E-state index contributed by atoms with van der Waals surface area (Å²) < 4.78 is 38.5. The molecule has 256 valence electrons. The van der Waals surface area contributed by atoms with E-state index >= 15 is 0 Å². The normalized spacial score (nSPS) is 12.5. The number of hydrogen-bond acceptors (Lipinski definition) is 6. The van der Waals surface area contributed by atoms with Crippen molar-refractivity contribution < 1.29 is 27.5 Å². The number of ketones is 2. The lowest BCUT2D eigenvalue weighted by atomic mass is 9.95. The van der Waals surface area contributed by atoms with Gasteiger partial charge in [-0.1, -0.05) is 42.8 Å². The van der Waals surface area contributed by atoms with Gasteiger partial charge in [-0.25, -0.2) is 8.42 Å². The minimum atomic E-state index is -3.82. The number of rotatable bonds is 12. The molecule has 1 unspecified atom stereocenters. The molecular formula is C42H32Cl2O6S. The number of carbonyl (C=O) groups excluding carboxylic acids is 2. The average Bonchev–Trinajstić information content (AvgIpc) is 3.16. The fourth-order valence-electron chi connectivity index (χ4n) is 5.24. The van der Waals surface area contributed by atoms with Crippen LogP contribution in [0.3, 0.4) is 0 Å². The van der Waals surface area contributed by atoms with E-state index in [1.807, 2.05) is 26.0 Å². The zero-order valence-corrected chi connectivity index (χ0v) is 30.0. The molecule has 0 heterocycles. The summed E-state index contributed by atoms with van der Waals surface area (Å²) >= 11 is 12.5. The van der Waals surface area contributed by atoms with Crippen LogP contribution in [0.5, 0.6) is 23.0 Å². The Labute approximate surface area is 307 Å². The van der Waals surface area contributed by atoms with Crippen LogP contribution >= 0.6 is 23.2 Å². The molecule has 1 atom stereocenters. The molecule has 0 aliphatic carbocycles. The quantitative estimate of drug-likeness (QED) is 0.0919. The Balaban J connectivity index is 1.06. The molecule has 0 spiro atoms. The van der Waals surface area contributed by atoms with Crippen molar-refractivity contribution >= 4 is 44.6 Å². The van der Waals surface area contributed by atoms with Crippen molar-refractivity contribution in [1.29, 1.82) is 0 Å². The van der Waals surface area contributed by atoms with Crippen LogP contribution in [-0.2, 0) is 14.7 Å². The monoisotopic (exact) mass is 734 g/mol. The second-order valence-electron chi connectivity index (χ2n) is 12.0. The van der Waals surface area contributed by atoms with E-state index in [9.17, 15) is 18.0 Å². The number of halogens is 2. The molecule has 0 fully saturated rings. The van der Waals surface area contributed by atoms with E-state index in [1.54, 1.807) is 109 Å². The number of hydrogen-bond donors (Lipinski definition) is 0. The third-order valence-corrected chi connectivity index (χ3v) is 11.0. The summed E-state index contributed by atoms with van der Waals surface area (Å²) in [5.74, 6) is 1.61.